The Balaban J connectivity index is 2.49. The summed E-state index contributed by atoms with van der Waals surface area (Å²) in [7, 11) is 1.69. The lowest BCUT2D eigenvalue weighted by atomic mass is 9.77. The molecule has 2 aromatic carbocycles. The van der Waals surface area contributed by atoms with Crippen LogP contribution in [0.25, 0.3) is 0 Å². The summed E-state index contributed by atoms with van der Waals surface area (Å²) in [6.07, 6.45) is 5.11. The van der Waals surface area contributed by atoms with Crippen molar-refractivity contribution in [1.29, 1.82) is 0 Å². The number of allylic oxidation sites excluding steroid dienone is 2. The summed E-state index contributed by atoms with van der Waals surface area (Å²) < 4.78 is 5.45. The molecule has 0 aliphatic rings. The fourth-order valence-electron chi connectivity index (χ4n) is 2.94. The molecule has 0 amide bonds. The molecule has 2 heteroatoms. The lowest BCUT2D eigenvalue weighted by molar-refractivity contribution is 0.410. The summed E-state index contributed by atoms with van der Waals surface area (Å²) in [5, 5.41) is 10.0. The van der Waals surface area contributed by atoms with E-state index in [1.54, 1.807) is 19.3 Å². The van der Waals surface area contributed by atoms with Crippen molar-refractivity contribution >= 4 is 0 Å². The van der Waals surface area contributed by atoms with E-state index >= 15 is 0 Å². The van der Waals surface area contributed by atoms with Gasteiger partial charge in [-0.05, 0) is 47.2 Å². The van der Waals surface area contributed by atoms with E-state index in [4.69, 9.17) is 4.74 Å². The predicted molar refractivity (Wildman–Crippen MR) is 101 cm³/mol. The molecule has 2 rings (SSSR count). The summed E-state index contributed by atoms with van der Waals surface area (Å²) in [4.78, 5) is 0. The monoisotopic (exact) mass is 322 g/mol. The van der Waals surface area contributed by atoms with E-state index in [0.29, 0.717) is 12.2 Å². The Labute approximate surface area is 145 Å². The average Bonchev–Trinajstić information content (AvgIpc) is 2.57. The second-order valence-corrected chi connectivity index (χ2v) is 6.48. The molecule has 0 saturated carbocycles. The van der Waals surface area contributed by atoms with Crippen LogP contribution >= 0.6 is 0 Å². The number of aromatic hydroxyl groups is 1. The van der Waals surface area contributed by atoms with Crippen LogP contribution in [-0.4, -0.2) is 12.2 Å². The van der Waals surface area contributed by atoms with Gasteiger partial charge in [-0.1, -0.05) is 50.3 Å². The van der Waals surface area contributed by atoms with Crippen molar-refractivity contribution in [2.24, 2.45) is 0 Å². The fraction of sp³-hybridized carbons (Fsp3) is 0.273. The highest BCUT2D eigenvalue weighted by atomic mass is 16.5. The molecule has 24 heavy (non-hydrogen) atoms. The zero-order valence-electron chi connectivity index (χ0n) is 14.8. The van der Waals surface area contributed by atoms with E-state index in [2.05, 4.69) is 45.2 Å². The highest BCUT2D eigenvalue weighted by Gasteiger charge is 2.25. The molecule has 0 aromatic heterocycles. The van der Waals surface area contributed by atoms with E-state index in [0.717, 1.165) is 28.9 Å². The highest BCUT2D eigenvalue weighted by Crippen LogP contribution is 2.36. The molecule has 0 aliphatic heterocycles. The fourth-order valence-corrected chi connectivity index (χ4v) is 2.94. The SMILES string of the molecule is C=CCc1cc(C(C)(C)c2ccc(OC)c(CC=C)c2)ccc1O. The van der Waals surface area contributed by atoms with Crippen LogP contribution in [0.2, 0.25) is 0 Å². The van der Waals surface area contributed by atoms with Gasteiger partial charge in [-0.2, -0.15) is 0 Å². The quantitative estimate of drug-likeness (QED) is 0.711. The number of benzene rings is 2. The summed E-state index contributed by atoms with van der Waals surface area (Å²) in [5.74, 6) is 1.20. The third kappa shape index (κ3) is 3.53. The Morgan fingerprint density at radius 3 is 2.08 bits per heavy atom. The molecule has 0 aliphatic carbocycles. The van der Waals surface area contributed by atoms with Crippen molar-refractivity contribution in [1.82, 2.24) is 0 Å². The maximum Gasteiger partial charge on any atom is 0.122 e. The molecule has 2 aromatic rings. The van der Waals surface area contributed by atoms with E-state index in [-0.39, 0.29) is 5.41 Å². The lowest BCUT2D eigenvalue weighted by Gasteiger charge is -2.28. The molecular formula is C22H26O2. The second kappa shape index (κ2) is 7.39. The van der Waals surface area contributed by atoms with Crippen molar-refractivity contribution < 1.29 is 9.84 Å². The van der Waals surface area contributed by atoms with Gasteiger partial charge in [-0.15, -0.1) is 13.2 Å². The number of rotatable bonds is 7. The van der Waals surface area contributed by atoms with E-state index in [9.17, 15) is 5.11 Å². The van der Waals surface area contributed by atoms with Crippen LogP contribution in [0.15, 0.2) is 61.7 Å². The summed E-state index contributed by atoms with van der Waals surface area (Å²) in [6.45, 7) is 12.0. The van der Waals surface area contributed by atoms with Crippen molar-refractivity contribution in [3.63, 3.8) is 0 Å². The van der Waals surface area contributed by atoms with Crippen molar-refractivity contribution in [2.75, 3.05) is 7.11 Å². The normalized spacial score (nSPS) is 11.1. The first-order chi connectivity index (χ1) is 11.4. The van der Waals surface area contributed by atoms with Crippen LogP contribution < -0.4 is 4.74 Å². The zero-order chi connectivity index (χ0) is 17.7. The van der Waals surface area contributed by atoms with E-state index in [1.165, 1.54) is 5.56 Å². The van der Waals surface area contributed by atoms with Crippen LogP contribution in [-0.2, 0) is 18.3 Å². The van der Waals surface area contributed by atoms with Gasteiger partial charge in [0.25, 0.3) is 0 Å². The third-order valence-electron chi connectivity index (χ3n) is 4.53. The van der Waals surface area contributed by atoms with Gasteiger partial charge < -0.3 is 9.84 Å². The Kier molecular flexibility index (Phi) is 5.50. The van der Waals surface area contributed by atoms with Crippen molar-refractivity contribution in [3.8, 4) is 11.5 Å². The van der Waals surface area contributed by atoms with E-state index < -0.39 is 0 Å². The molecule has 1 N–H and O–H groups in total. The van der Waals surface area contributed by atoms with Gasteiger partial charge in [-0.25, -0.2) is 0 Å². The molecule has 0 bridgehead atoms. The topological polar surface area (TPSA) is 29.5 Å². The van der Waals surface area contributed by atoms with E-state index in [1.807, 2.05) is 18.2 Å². The van der Waals surface area contributed by atoms with Crippen LogP contribution in [0, 0.1) is 0 Å². The number of ether oxygens (including phenoxy) is 1. The largest absolute Gasteiger partial charge is 0.508 e. The summed E-state index contributed by atoms with van der Waals surface area (Å²) in [6, 6.07) is 12.1. The first kappa shape index (κ1) is 17.9. The maximum atomic E-state index is 10.0. The summed E-state index contributed by atoms with van der Waals surface area (Å²) >= 11 is 0. The Morgan fingerprint density at radius 1 is 0.958 bits per heavy atom. The average molecular weight is 322 g/mol. The number of hydrogen-bond donors (Lipinski definition) is 1. The van der Waals surface area contributed by atoms with Crippen LogP contribution in [0.1, 0.15) is 36.1 Å². The molecule has 0 heterocycles. The Hall–Kier alpha value is -2.48. The van der Waals surface area contributed by atoms with Gasteiger partial charge in [-0.3, -0.25) is 0 Å². The molecule has 126 valence electrons. The maximum absolute atomic E-state index is 10.0. The molecule has 0 unspecified atom stereocenters. The van der Waals surface area contributed by atoms with Gasteiger partial charge in [0.2, 0.25) is 0 Å². The zero-order valence-corrected chi connectivity index (χ0v) is 14.8. The van der Waals surface area contributed by atoms with Gasteiger partial charge in [0.1, 0.15) is 11.5 Å². The molecule has 0 fully saturated rings. The molecule has 0 atom stereocenters. The highest BCUT2D eigenvalue weighted by molar-refractivity contribution is 5.48. The smallest absolute Gasteiger partial charge is 0.122 e. The minimum absolute atomic E-state index is 0.189. The molecular weight excluding hydrogens is 296 g/mol. The van der Waals surface area contributed by atoms with Gasteiger partial charge in [0, 0.05) is 5.41 Å². The second-order valence-electron chi connectivity index (χ2n) is 6.48. The number of methoxy groups -OCH3 is 1. The van der Waals surface area contributed by atoms with Crippen molar-refractivity contribution in [2.45, 2.75) is 32.1 Å². The first-order valence-corrected chi connectivity index (χ1v) is 8.15. The lowest BCUT2D eigenvalue weighted by Crippen LogP contribution is -2.19. The van der Waals surface area contributed by atoms with Crippen LogP contribution in [0.3, 0.4) is 0 Å². The van der Waals surface area contributed by atoms with Gasteiger partial charge >= 0.3 is 0 Å². The predicted octanol–water partition coefficient (Wildman–Crippen LogP) is 5.18. The Morgan fingerprint density at radius 2 is 1.50 bits per heavy atom. The first-order valence-electron chi connectivity index (χ1n) is 8.15. The van der Waals surface area contributed by atoms with Crippen LogP contribution in [0.4, 0.5) is 0 Å². The number of hydrogen-bond acceptors (Lipinski definition) is 2. The van der Waals surface area contributed by atoms with Gasteiger partial charge in [0.05, 0.1) is 7.11 Å². The number of phenolic OH excluding ortho intramolecular Hbond substituents is 1. The summed E-state index contributed by atoms with van der Waals surface area (Å²) in [5.41, 5.74) is 4.20. The van der Waals surface area contributed by atoms with Gasteiger partial charge in [0.15, 0.2) is 0 Å². The molecule has 2 nitrogen and oxygen atoms in total. The minimum Gasteiger partial charge on any atom is -0.508 e. The molecule has 0 spiro atoms. The standard InChI is InChI=1S/C22H26O2/c1-6-8-16-14-18(10-12-20(16)23)22(3,4)19-11-13-21(24-5)17(15-19)9-7-2/h6-7,10-15,23H,1-2,8-9H2,3-5H3. The Bertz CT molecular complexity index is 742. The molecule has 0 radical (unpaired) electrons. The molecule has 0 saturated heterocycles. The minimum atomic E-state index is -0.189. The van der Waals surface area contributed by atoms with Crippen molar-refractivity contribution in [3.05, 3.63) is 84.0 Å². The third-order valence-corrected chi connectivity index (χ3v) is 4.53. The number of phenols is 1. The van der Waals surface area contributed by atoms with Crippen LogP contribution in [0.5, 0.6) is 11.5 Å².